The minimum absolute atomic E-state index is 0.0113. The van der Waals surface area contributed by atoms with Gasteiger partial charge in [-0.1, -0.05) is 54.5 Å². The van der Waals surface area contributed by atoms with Crippen molar-refractivity contribution in [2.75, 3.05) is 11.4 Å². The van der Waals surface area contributed by atoms with Gasteiger partial charge >= 0.3 is 0 Å². The van der Waals surface area contributed by atoms with Gasteiger partial charge in [-0.3, -0.25) is 9.59 Å². The van der Waals surface area contributed by atoms with Crippen molar-refractivity contribution in [3.63, 3.8) is 0 Å². The standard InChI is InChI=1S/C28H34N2O2S/c1-19-13-14-20(2)23(17-19)18-30-24-11-7-8-12-25(24)33-26(28(30)32)21(3)27(31)29-16-15-22-9-5-4-6-10-22/h7-9,11-14,17,21,26H,4-6,10,15-16,18H2,1-3H3,(H,29,31)/t21-,26-/m0/s1. The van der Waals surface area contributed by atoms with Crippen molar-refractivity contribution in [3.05, 3.63) is 70.8 Å². The van der Waals surface area contributed by atoms with Gasteiger partial charge in [0.2, 0.25) is 11.8 Å². The van der Waals surface area contributed by atoms with Gasteiger partial charge < -0.3 is 10.2 Å². The van der Waals surface area contributed by atoms with Gasteiger partial charge in [-0.25, -0.2) is 0 Å². The summed E-state index contributed by atoms with van der Waals surface area (Å²) in [4.78, 5) is 29.6. The lowest BCUT2D eigenvalue weighted by atomic mass is 9.97. The second-order valence-electron chi connectivity index (χ2n) is 9.30. The first-order valence-corrected chi connectivity index (χ1v) is 12.9. The van der Waals surface area contributed by atoms with Gasteiger partial charge in [-0.15, -0.1) is 11.8 Å². The van der Waals surface area contributed by atoms with Crippen LogP contribution in [0.25, 0.3) is 0 Å². The molecule has 2 aromatic carbocycles. The van der Waals surface area contributed by atoms with Gasteiger partial charge in [0.25, 0.3) is 0 Å². The van der Waals surface area contributed by atoms with E-state index in [0.717, 1.165) is 35.4 Å². The molecule has 1 aliphatic carbocycles. The van der Waals surface area contributed by atoms with E-state index < -0.39 is 11.2 Å². The lowest BCUT2D eigenvalue weighted by Crippen LogP contribution is -2.47. The summed E-state index contributed by atoms with van der Waals surface area (Å²) in [6, 6.07) is 14.4. The second-order valence-corrected chi connectivity index (χ2v) is 10.5. The molecule has 0 unspecified atom stereocenters. The zero-order chi connectivity index (χ0) is 23.4. The van der Waals surface area contributed by atoms with E-state index in [4.69, 9.17) is 0 Å². The zero-order valence-electron chi connectivity index (χ0n) is 19.9. The van der Waals surface area contributed by atoms with Gasteiger partial charge in [0.1, 0.15) is 5.25 Å². The molecule has 5 heteroatoms. The molecule has 0 spiro atoms. The molecule has 0 aromatic heterocycles. The maximum absolute atomic E-state index is 13.7. The van der Waals surface area contributed by atoms with Gasteiger partial charge in [0, 0.05) is 11.4 Å². The Kier molecular flexibility index (Phi) is 7.59. The van der Waals surface area contributed by atoms with E-state index in [-0.39, 0.29) is 11.8 Å². The molecule has 1 heterocycles. The number of fused-ring (bicyclic) bond motifs is 1. The molecule has 2 aliphatic rings. The Balaban J connectivity index is 1.49. The van der Waals surface area contributed by atoms with Gasteiger partial charge in [-0.05, 0) is 69.2 Å². The van der Waals surface area contributed by atoms with Crippen molar-refractivity contribution in [1.82, 2.24) is 5.32 Å². The van der Waals surface area contributed by atoms with Crippen molar-refractivity contribution in [1.29, 1.82) is 0 Å². The third-order valence-corrected chi connectivity index (χ3v) is 8.21. The average Bonchev–Trinajstić information content (AvgIpc) is 2.83. The fourth-order valence-corrected chi connectivity index (χ4v) is 5.92. The van der Waals surface area contributed by atoms with E-state index in [1.54, 1.807) is 0 Å². The number of carbonyl (C=O) groups is 2. The Bertz CT molecular complexity index is 1060. The second kappa shape index (κ2) is 10.6. The number of hydrogen-bond acceptors (Lipinski definition) is 3. The Labute approximate surface area is 201 Å². The molecule has 0 saturated carbocycles. The number of anilines is 1. The Morgan fingerprint density at radius 3 is 2.79 bits per heavy atom. The number of benzene rings is 2. The molecule has 1 aliphatic heterocycles. The van der Waals surface area contributed by atoms with Crippen LogP contribution in [0.2, 0.25) is 0 Å². The van der Waals surface area contributed by atoms with Crippen LogP contribution in [0.15, 0.2) is 59.0 Å². The summed E-state index contributed by atoms with van der Waals surface area (Å²) in [7, 11) is 0. The third kappa shape index (κ3) is 5.52. The van der Waals surface area contributed by atoms with Crippen LogP contribution in [0.3, 0.4) is 0 Å². The fraction of sp³-hybridized carbons (Fsp3) is 0.429. The number of rotatable bonds is 7. The molecule has 4 nitrogen and oxygen atoms in total. The summed E-state index contributed by atoms with van der Waals surface area (Å²) in [5.41, 5.74) is 5.87. The lowest BCUT2D eigenvalue weighted by Gasteiger charge is -2.36. The first-order chi connectivity index (χ1) is 15.9. The summed E-state index contributed by atoms with van der Waals surface area (Å²) >= 11 is 1.52. The van der Waals surface area contributed by atoms with Crippen molar-refractivity contribution in [2.24, 2.45) is 5.92 Å². The summed E-state index contributed by atoms with van der Waals surface area (Å²) in [5, 5.41) is 2.66. The molecular weight excluding hydrogens is 428 g/mol. The number of nitrogens with zero attached hydrogens (tertiary/aromatic N) is 1. The van der Waals surface area contributed by atoms with E-state index in [9.17, 15) is 9.59 Å². The molecule has 2 aromatic rings. The van der Waals surface area contributed by atoms with Crippen LogP contribution in [0.5, 0.6) is 0 Å². The average molecular weight is 463 g/mol. The highest BCUT2D eigenvalue weighted by Crippen LogP contribution is 2.42. The Morgan fingerprint density at radius 1 is 1.18 bits per heavy atom. The quantitative estimate of drug-likeness (QED) is 0.517. The number of nitrogens with one attached hydrogen (secondary N) is 1. The number of hydrogen-bond donors (Lipinski definition) is 1. The smallest absolute Gasteiger partial charge is 0.241 e. The molecule has 0 radical (unpaired) electrons. The number of aryl methyl sites for hydroxylation is 2. The molecule has 4 rings (SSSR count). The fourth-order valence-electron chi connectivity index (χ4n) is 4.64. The van der Waals surface area contributed by atoms with Crippen LogP contribution in [0, 0.1) is 19.8 Å². The monoisotopic (exact) mass is 462 g/mol. The minimum Gasteiger partial charge on any atom is -0.356 e. The summed E-state index contributed by atoms with van der Waals surface area (Å²) in [6.07, 6.45) is 8.05. The summed E-state index contributed by atoms with van der Waals surface area (Å²) in [6.45, 7) is 7.20. The van der Waals surface area contributed by atoms with Crippen molar-refractivity contribution >= 4 is 29.3 Å². The van der Waals surface area contributed by atoms with E-state index in [1.165, 1.54) is 41.3 Å². The van der Waals surface area contributed by atoms with Crippen LogP contribution >= 0.6 is 11.8 Å². The Morgan fingerprint density at radius 2 is 2.00 bits per heavy atom. The van der Waals surface area contributed by atoms with Crippen LogP contribution in [0.1, 0.15) is 55.7 Å². The molecule has 0 saturated heterocycles. The largest absolute Gasteiger partial charge is 0.356 e. The van der Waals surface area contributed by atoms with E-state index in [0.29, 0.717) is 13.1 Å². The van der Waals surface area contributed by atoms with E-state index in [1.807, 2.05) is 30.0 Å². The molecule has 174 valence electrons. The molecule has 2 atom stereocenters. The van der Waals surface area contributed by atoms with Gasteiger partial charge in [0.05, 0.1) is 18.2 Å². The van der Waals surface area contributed by atoms with E-state index >= 15 is 0 Å². The first kappa shape index (κ1) is 23.6. The van der Waals surface area contributed by atoms with Crippen LogP contribution in [0.4, 0.5) is 5.69 Å². The normalized spacial score (nSPS) is 19.0. The predicted molar refractivity (Wildman–Crippen MR) is 137 cm³/mol. The Hall–Kier alpha value is -2.53. The maximum atomic E-state index is 13.7. The molecule has 0 fully saturated rings. The molecule has 33 heavy (non-hydrogen) atoms. The molecule has 1 N–H and O–H groups in total. The van der Waals surface area contributed by atoms with Crippen molar-refractivity contribution < 1.29 is 9.59 Å². The number of para-hydroxylation sites is 1. The number of thioether (sulfide) groups is 1. The number of allylic oxidation sites excluding steroid dienone is 1. The molecule has 0 bridgehead atoms. The van der Waals surface area contributed by atoms with Gasteiger partial charge in [0.15, 0.2) is 0 Å². The third-order valence-electron chi connectivity index (χ3n) is 6.75. The predicted octanol–water partition coefficient (Wildman–Crippen LogP) is 5.95. The molecular formula is C28H34N2O2S. The number of amides is 2. The van der Waals surface area contributed by atoms with Crippen molar-refractivity contribution in [2.45, 2.75) is 69.6 Å². The van der Waals surface area contributed by atoms with Crippen LogP contribution in [-0.2, 0) is 16.1 Å². The topological polar surface area (TPSA) is 49.4 Å². The highest BCUT2D eigenvalue weighted by molar-refractivity contribution is 8.01. The highest BCUT2D eigenvalue weighted by Gasteiger charge is 2.39. The summed E-state index contributed by atoms with van der Waals surface area (Å²) in [5.74, 6) is -0.433. The lowest BCUT2D eigenvalue weighted by molar-refractivity contribution is -0.128. The highest BCUT2D eigenvalue weighted by atomic mass is 32.2. The van der Waals surface area contributed by atoms with Crippen LogP contribution in [-0.4, -0.2) is 23.6 Å². The zero-order valence-corrected chi connectivity index (χ0v) is 20.7. The van der Waals surface area contributed by atoms with E-state index in [2.05, 4.69) is 49.5 Å². The SMILES string of the molecule is Cc1ccc(C)c(CN2C(=O)[C@H]([C@H](C)C(=O)NCCC3=CCCCC3)Sc3ccccc32)c1. The van der Waals surface area contributed by atoms with Gasteiger partial charge in [-0.2, -0.15) is 0 Å². The summed E-state index contributed by atoms with van der Waals surface area (Å²) < 4.78 is 0. The maximum Gasteiger partial charge on any atom is 0.241 e. The number of carbonyl (C=O) groups excluding carboxylic acids is 2. The van der Waals surface area contributed by atoms with Crippen molar-refractivity contribution in [3.8, 4) is 0 Å². The molecule has 2 amide bonds. The first-order valence-electron chi connectivity index (χ1n) is 12.0. The minimum atomic E-state index is -0.432. The van der Waals surface area contributed by atoms with Crippen LogP contribution < -0.4 is 10.2 Å².